The summed E-state index contributed by atoms with van der Waals surface area (Å²) in [5.74, 6) is 0. The fourth-order valence-corrected chi connectivity index (χ4v) is 9.44. The first-order valence-electron chi connectivity index (χ1n) is 18.0. The van der Waals surface area contributed by atoms with Gasteiger partial charge in [0.15, 0.2) is 0 Å². The van der Waals surface area contributed by atoms with Crippen molar-refractivity contribution in [1.29, 1.82) is 0 Å². The molecule has 0 amide bonds. The summed E-state index contributed by atoms with van der Waals surface area (Å²) in [6.45, 7) is 0. The van der Waals surface area contributed by atoms with E-state index in [1.807, 2.05) is 24.3 Å². The van der Waals surface area contributed by atoms with Crippen molar-refractivity contribution in [2.45, 2.75) is 0 Å². The number of aromatic nitrogens is 2. The summed E-state index contributed by atoms with van der Waals surface area (Å²) in [7, 11) is 0. The Morgan fingerprint density at radius 3 is 1.17 bits per heavy atom. The number of nitrogens with zero attached hydrogens (tertiary/aromatic N) is 2. The van der Waals surface area contributed by atoms with E-state index in [9.17, 15) is 4.79 Å². The van der Waals surface area contributed by atoms with Gasteiger partial charge in [0.1, 0.15) is 11.2 Å². The van der Waals surface area contributed by atoms with Gasteiger partial charge in [0.25, 0.3) is 0 Å². The predicted molar refractivity (Wildman–Crippen MR) is 220 cm³/mol. The second kappa shape index (κ2) is 9.58. The lowest BCUT2D eigenvalue weighted by Crippen LogP contribution is -2.02. The predicted octanol–water partition coefficient (Wildman–Crippen LogP) is 12.6. The standard InChI is InChI=1S/C49H26N2O2/c52-49-39-23-27(29-15-19-33-37-11-5-9-35-31-7-1-3-13-41(31)50(47(35)37)43(33)25-29)17-21-45(39)53-46-22-18-28(24-40(46)49)30-16-20-34-38-12-6-10-36-32-8-2-4-14-42(32)51(48(36)38)44(34)26-30/h1-26H. The molecule has 53 heavy (non-hydrogen) atoms. The average molecular weight is 675 g/mol. The topological polar surface area (TPSA) is 39.0 Å². The molecule has 0 aliphatic carbocycles. The molecule has 0 saturated carbocycles. The lowest BCUT2D eigenvalue weighted by Gasteiger charge is -2.08. The molecule has 0 N–H and O–H groups in total. The van der Waals surface area contributed by atoms with Crippen molar-refractivity contribution in [2.24, 2.45) is 0 Å². The van der Waals surface area contributed by atoms with Gasteiger partial charge in [0, 0.05) is 43.1 Å². The molecule has 0 unspecified atom stereocenters. The summed E-state index contributed by atoms with van der Waals surface area (Å²) >= 11 is 0. The Morgan fingerprint density at radius 2 is 0.698 bits per heavy atom. The van der Waals surface area contributed by atoms with Gasteiger partial charge < -0.3 is 13.2 Å². The van der Waals surface area contributed by atoms with Gasteiger partial charge in [-0.1, -0.05) is 109 Å². The molecule has 0 bridgehead atoms. The van der Waals surface area contributed by atoms with E-state index in [2.05, 4.69) is 142 Å². The minimum absolute atomic E-state index is 0.0247. The highest BCUT2D eigenvalue weighted by Crippen LogP contribution is 2.42. The Balaban J connectivity index is 0.981. The highest BCUT2D eigenvalue weighted by Gasteiger charge is 2.20. The Hall–Kier alpha value is -7.17. The molecule has 13 aromatic rings. The molecule has 5 heterocycles. The maximum Gasteiger partial charge on any atom is 0.200 e. The zero-order chi connectivity index (χ0) is 34.5. The zero-order valence-corrected chi connectivity index (χ0v) is 28.2. The van der Waals surface area contributed by atoms with Gasteiger partial charge in [-0.3, -0.25) is 4.79 Å². The van der Waals surface area contributed by atoms with Gasteiger partial charge >= 0.3 is 0 Å². The van der Waals surface area contributed by atoms with Crippen LogP contribution in [0.4, 0.5) is 0 Å². The van der Waals surface area contributed by atoms with Crippen LogP contribution < -0.4 is 5.43 Å². The largest absolute Gasteiger partial charge is 0.456 e. The van der Waals surface area contributed by atoms with Gasteiger partial charge in [0.05, 0.1) is 43.9 Å². The van der Waals surface area contributed by atoms with E-state index in [4.69, 9.17) is 4.42 Å². The maximum absolute atomic E-state index is 14.3. The monoisotopic (exact) mass is 674 g/mol. The smallest absolute Gasteiger partial charge is 0.200 e. The van der Waals surface area contributed by atoms with Crippen LogP contribution in [0.2, 0.25) is 0 Å². The molecule has 0 aliphatic heterocycles. The van der Waals surface area contributed by atoms with Crippen molar-refractivity contribution in [3.8, 4) is 22.3 Å². The van der Waals surface area contributed by atoms with Crippen LogP contribution in [-0.4, -0.2) is 8.80 Å². The molecule has 0 saturated heterocycles. The fourth-order valence-electron chi connectivity index (χ4n) is 9.44. The Kier molecular flexibility index (Phi) is 4.98. The number of fused-ring (bicyclic) bond motifs is 14. The summed E-state index contributed by atoms with van der Waals surface area (Å²) in [5.41, 5.74) is 12.5. The van der Waals surface area contributed by atoms with Gasteiger partial charge in [-0.25, -0.2) is 0 Å². The molecule has 0 spiro atoms. The molecular formula is C49H26N2O2. The first-order valence-corrected chi connectivity index (χ1v) is 18.0. The van der Waals surface area contributed by atoms with Crippen LogP contribution in [0.3, 0.4) is 0 Å². The number of hydrogen-bond donors (Lipinski definition) is 0. The highest BCUT2D eigenvalue weighted by molar-refractivity contribution is 6.24. The summed E-state index contributed by atoms with van der Waals surface area (Å²) < 4.78 is 11.2. The quantitative estimate of drug-likeness (QED) is 0.171. The zero-order valence-electron chi connectivity index (χ0n) is 28.2. The number of para-hydroxylation sites is 4. The maximum atomic E-state index is 14.3. The average Bonchev–Trinajstić information content (AvgIpc) is 3.94. The van der Waals surface area contributed by atoms with Crippen LogP contribution in [0.15, 0.2) is 167 Å². The van der Waals surface area contributed by atoms with E-state index in [0.717, 1.165) is 33.3 Å². The van der Waals surface area contributed by atoms with Crippen LogP contribution in [0.5, 0.6) is 0 Å². The minimum atomic E-state index is -0.0247. The van der Waals surface area contributed by atoms with Gasteiger partial charge in [-0.05, 0) is 70.8 Å². The van der Waals surface area contributed by atoms with E-state index in [1.165, 1.54) is 65.2 Å². The normalized spacial score (nSPS) is 12.6. The Bertz CT molecular complexity index is 3520. The van der Waals surface area contributed by atoms with Gasteiger partial charge in [-0.15, -0.1) is 0 Å². The van der Waals surface area contributed by atoms with E-state index >= 15 is 0 Å². The lowest BCUT2D eigenvalue weighted by molar-refractivity contribution is 0.660. The van der Waals surface area contributed by atoms with Crippen molar-refractivity contribution >= 4 is 98.1 Å². The molecule has 4 nitrogen and oxygen atoms in total. The van der Waals surface area contributed by atoms with Crippen molar-refractivity contribution in [3.63, 3.8) is 0 Å². The molecule has 0 fully saturated rings. The summed E-state index contributed by atoms with van der Waals surface area (Å²) in [4.78, 5) is 14.3. The number of hydrogen-bond acceptors (Lipinski definition) is 2. The lowest BCUT2D eigenvalue weighted by atomic mass is 9.99. The van der Waals surface area contributed by atoms with Gasteiger partial charge in [-0.2, -0.15) is 0 Å². The second-order valence-electron chi connectivity index (χ2n) is 14.4. The van der Waals surface area contributed by atoms with Crippen LogP contribution in [0.25, 0.3) is 120 Å². The number of benzene rings is 8. The van der Waals surface area contributed by atoms with Crippen molar-refractivity contribution in [3.05, 3.63) is 168 Å². The van der Waals surface area contributed by atoms with Crippen molar-refractivity contribution in [2.75, 3.05) is 0 Å². The molecule has 5 aromatic heterocycles. The molecule has 0 atom stereocenters. The van der Waals surface area contributed by atoms with E-state index in [-0.39, 0.29) is 5.43 Å². The first kappa shape index (κ1) is 27.5. The Labute approximate surface area is 300 Å². The van der Waals surface area contributed by atoms with Crippen molar-refractivity contribution < 1.29 is 4.42 Å². The molecule has 0 radical (unpaired) electrons. The minimum Gasteiger partial charge on any atom is -0.456 e. The fraction of sp³-hybridized carbons (Fsp3) is 0. The summed E-state index contributed by atoms with van der Waals surface area (Å²) in [6.07, 6.45) is 0. The van der Waals surface area contributed by atoms with Crippen LogP contribution in [0.1, 0.15) is 0 Å². The molecule has 244 valence electrons. The SMILES string of the molecule is O=c1c2cc(-c3ccc4c5cccc6c7ccccc7n(c4c3)c65)ccc2oc2ccc(-c3ccc4c5cccc6c7ccccc7n(c4c3)c65)cc12. The third kappa shape index (κ3) is 3.43. The van der Waals surface area contributed by atoms with E-state index in [0.29, 0.717) is 21.9 Å². The molecule has 13 rings (SSSR count). The van der Waals surface area contributed by atoms with Crippen LogP contribution in [-0.2, 0) is 0 Å². The molecular weight excluding hydrogens is 649 g/mol. The second-order valence-corrected chi connectivity index (χ2v) is 14.4. The first-order chi connectivity index (χ1) is 26.2. The van der Waals surface area contributed by atoms with Crippen LogP contribution in [0, 0.1) is 0 Å². The molecule has 4 heteroatoms. The van der Waals surface area contributed by atoms with E-state index < -0.39 is 0 Å². The highest BCUT2D eigenvalue weighted by atomic mass is 16.3. The number of rotatable bonds is 2. The molecule has 8 aromatic carbocycles. The van der Waals surface area contributed by atoms with E-state index in [1.54, 1.807) is 0 Å². The summed E-state index contributed by atoms with van der Waals surface area (Å²) in [5, 5.41) is 11.2. The third-order valence-corrected chi connectivity index (χ3v) is 11.8. The van der Waals surface area contributed by atoms with Crippen molar-refractivity contribution in [1.82, 2.24) is 8.80 Å². The van der Waals surface area contributed by atoms with Crippen LogP contribution >= 0.6 is 0 Å². The van der Waals surface area contributed by atoms with Gasteiger partial charge in [0.2, 0.25) is 5.43 Å². The summed E-state index contributed by atoms with van der Waals surface area (Å²) in [6, 6.07) is 55.7. The Morgan fingerprint density at radius 1 is 0.321 bits per heavy atom. The molecule has 0 aliphatic rings. The third-order valence-electron chi connectivity index (χ3n) is 11.8.